The number of benzene rings is 2. The third-order valence-electron chi connectivity index (χ3n) is 3.82. The topological polar surface area (TPSA) is 82.9 Å². The van der Waals surface area contributed by atoms with Crippen molar-refractivity contribution in [3.05, 3.63) is 83.9 Å². The van der Waals surface area contributed by atoms with Crippen molar-refractivity contribution in [2.45, 2.75) is 12.8 Å². The van der Waals surface area contributed by atoms with Gasteiger partial charge in [-0.1, -0.05) is 72.8 Å². The highest BCUT2D eigenvalue weighted by Gasteiger charge is 2.02. The van der Waals surface area contributed by atoms with Gasteiger partial charge in [-0.3, -0.25) is 9.59 Å². The molecule has 0 atom stereocenters. The molecule has 6 nitrogen and oxygen atoms in total. The van der Waals surface area contributed by atoms with E-state index in [4.69, 9.17) is 0 Å². The van der Waals surface area contributed by atoms with Crippen LogP contribution in [-0.2, 0) is 9.59 Å². The number of hydrogen-bond acceptors (Lipinski definition) is 5. The van der Waals surface area contributed by atoms with Crippen molar-refractivity contribution >= 4 is 48.2 Å². The van der Waals surface area contributed by atoms with E-state index in [2.05, 4.69) is 21.1 Å². The standard InChI is InChI=1S/C24H26N4O2S/c29-23(27-25-17-7-13-21-9-3-1-4-10-21)15-19-31-20-16-24(30)28-26-18-8-14-22-11-5-2-6-12-22/h1-14,17-18H,15-16,19-20H2,(H,27,29)(H,28,30)/b13-7-,14-8+,25-17+,26-18+. The molecule has 31 heavy (non-hydrogen) atoms. The number of nitrogens with one attached hydrogen (secondary N) is 2. The molecule has 0 unspecified atom stereocenters. The fraction of sp³-hybridized carbons (Fsp3) is 0.167. The molecule has 0 saturated carbocycles. The average Bonchev–Trinajstić information content (AvgIpc) is 2.80. The number of thioether (sulfide) groups is 1. The van der Waals surface area contributed by atoms with Gasteiger partial charge in [-0.15, -0.1) is 0 Å². The Labute approximate surface area is 187 Å². The summed E-state index contributed by atoms with van der Waals surface area (Å²) in [5, 5.41) is 7.75. The summed E-state index contributed by atoms with van der Waals surface area (Å²) in [5.74, 6) is 0.932. The van der Waals surface area contributed by atoms with E-state index in [1.165, 1.54) is 24.2 Å². The largest absolute Gasteiger partial charge is 0.273 e. The summed E-state index contributed by atoms with van der Waals surface area (Å²) in [7, 11) is 0. The summed E-state index contributed by atoms with van der Waals surface area (Å²) in [6.07, 6.45) is 11.1. The molecule has 0 aromatic heterocycles. The third kappa shape index (κ3) is 12.0. The van der Waals surface area contributed by atoms with Gasteiger partial charge in [-0.25, -0.2) is 10.9 Å². The van der Waals surface area contributed by atoms with Crippen LogP contribution < -0.4 is 10.9 Å². The summed E-state index contributed by atoms with van der Waals surface area (Å²) in [4.78, 5) is 23.4. The number of carbonyl (C=O) groups excluding carboxylic acids is 2. The lowest BCUT2D eigenvalue weighted by Gasteiger charge is -2.01. The van der Waals surface area contributed by atoms with Crippen LogP contribution >= 0.6 is 11.8 Å². The maximum atomic E-state index is 11.7. The Kier molecular flexibility index (Phi) is 11.8. The molecule has 2 aromatic carbocycles. The molecular weight excluding hydrogens is 408 g/mol. The van der Waals surface area contributed by atoms with Crippen LogP contribution in [0.5, 0.6) is 0 Å². The number of hydrogen-bond donors (Lipinski definition) is 2. The number of carbonyl (C=O) groups is 2. The molecule has 2 aromatic rings. The van der Waals surface area contributed by atoms with Gasteiger partial charge in [0, 0.05) is 36.8 Å². The second-order valence-corrected chi connectivity index (χ2v) is 7.50. The van der Waals surface area contributed by atoms with Crippen LogP contribution in [0.1, 0.15) is 24.0 Å². The summed E-state index contributed by atoms with van der Waals surface area (Å²) in [6, 6.07) is 19.7. The van der Waals surface area contributed by atoms with Gasteiger partial charge in [0.15, 0.2) is 0 Å². The van der Waals surface area contributed by atoms with Gasteiger partial charge < -0.3 is 0 Å². The van der Waals surface area contributed by atoms with Crippen molar-refractivity contribution in [2.75, 3.05) is 11.5 Å². The number of amides is 2. The summed E-state index contributed by atoms with van der Waals surface area (Å²) < 4.78 is 0. The summed E-state index contributed by atoms with van der Waals surface area (Å²) in [6.45, 7) is 0. The van der Waals surface area contributed by atoms with Gasteiger partial charge in [0.25, 0.3) is 0 Å². The zero-order valence-corrected chi connectivity index (χ0v) is 18.0. The smallest absolute Gasteiger partial charge is 0.240 e. The highest BCUT2D eigenvalue weighted by atomic mass is 32.2. The van der Waals surface area contributed by atoms with Crippen LogP contribution in [0, 0.1) is 0 Å². The lowest BCUT2D eigenvalue weighted by molar-refractivity contribution is -0.121. The number of allylic oxidation sites excluding steroid dienone is 2. The van der Waals surface area contributed by atoms with Crippen LogP contribution in [0.3, 0.4) is 0 Å². The van der Waals surface area contributed by atoms with Gasteiger partial charge in [0.2, 0.25) is 11.8 Å². The molecule has 0 spiro atoms. The van der Waals surface area contributed by atoms with Crippen LogP contribution in [-0.4, -0.2) is 35.7 Å². The quantitative estimate of drug-likeness (QED) is 0.299. The molecule has 0 aliphatic rings. The molecule has 160 valence electrons. The second kappa shape index (κ2) is 15.4. The van der Waals surface area contributed by atoms with Crippen LogP contribution in [0.25, 0.3) is 12.2 Å². The lowest BCUT2D eigenvalue weighted by atomic mass is 10.2. The first-order valence-corrected chi connectivity index (χ1v) is 11.0. The Balaban J connectivity index is 1.48. The van der Waals surface area contributed by atoms with E-state index < -0.39 is 0 Å². The predicted octanol–water partition coefficient (Wildman–Crippen LogP) is 4.13. The molecule has 0 fully saturated rings. The Hall–Kier alpha value is -3.45. The molecule has 0 bridgehead atoms. The summed E-state index contributed by atoms with van der Waals surface area (Å²) >= 11 is 1.54. The second-order valence-electron chi connectivity index (χ2n) is 6.28. The highest BCUT2D eigenvalue weighted by molar-refractivity contribution is 7.99. The van der Waals surface area contributed by atoms with Crippen LogP contribution in [0.15, 0.2) is 83.0 Å². The van der Waals surface area contributed by atoms with E-state index in [0.717, 1.165) is 11.1 Å². The third-order valence-corrected chi connectivity index (χ3v) is 4.81. The number of rotatable bonds is 12. The fourth-order valence-electron chi connectivity index (χ4n) is 2.28. The van der Waals surface area contributed by atoms with Crippen molar-refractivity contribution < 1.29 is 9.59 Å². The van der Waals surface area contributed by atoms with Crippen molar-refractivity contribution in [3.63, 3.8) is 0 Å². The highest BCUT2D eigenvalue weighted by Crippen LogP contribution is 2.04. The number of nitrogens with zero attached hydrogens (tertiary/aromatic N) is 2. The van der Waals surface area contributed by atoms with E-state index >= 15 is 0 Å². The van der Waals surface area contributed by atoms with Crippen molar-refractivity contribution in [2.24, 2.45) is 10.2 Å². The Morgan fingerprint density at radius 3 is 1.55 bits per heavy atom. The molecule has 0 heterocycles. The van der Waals surface area contributed by atoms with Gasteiger partial charge in [-0.2, -0.15) is 22.0 Å². The zero-order valence-electron chi connectivity index (χ0n) is 17.2. The van der Waals surface area contributed by atoms with Crippen molar-refractivity contribution in [1.29, 1.82) is 0 Å². The first kappa shape index (κ1) is 23.8. The Morgan fingerprint density at radius 1 is 0.710 bits per heavy atom. The molecule has 7 heteroatoms. The SMILES string of the molecule is O=C(CCSCCC(=O)N/N=C/C=C/c1ccccc1)N/N=C/C=C\c1ccccc1. The minimum Gasteiger partial charge on any atom is -0.273 e. The minimum atomic E-state index is -0.156. The van der Waals surface area contributed by atoms with E-state index in [-0.39, 0.29) is 11.8 Å². The molecule has 0 radical (unpaired) electrons. The average molecular weight is 435 g/mol. The van der Waals surface area contributed by atoms with Crippen molar-refractivity contribution in [3.8, 4) is 0 Å². The molecular formula is C24H26N4O2S. The van der Waals surface area contributed by atoms with Gasteiger partial charge in [0.1, 0.15) is 0 Å². The number of hydrazone groups is 2. The van der Waals surface area contributed by atoms with Gasteiger partial charge >= 0.3 is 0 Å². The maximum absolute atomic E-state index is 11.7. The molecule has 2 N–H and O–H groups in total. The van der Waals surface area contributed by atoms with Gasteiger partial charge in [0.05, 0.1) is 0 Å². The van der Waals surface area contributed by atoms with Crippen LogP contribution in [0.2, 0.25) is 0 Å². The fourth-order valence-corrected chi connectivity index (χ4v) is 3.15. The molecule has 0 saturated heterocycles. The maximum Gasteiger partial charge on any atom is 0.240 e. The van der Waals surface area contributed by atoms with Gasteiger partial charge in [-0.05, 0) is 23.3 Å². The monoisotopic (exact) mass is 434 g/mol. The van der Waals surface area contributed by atoms with E-state index in [1.807, 2.05) is 72.8 Å². The van der Waals surface area contributed by atoms with E-state index in [0.29, 0.717) is 24.3 Å². The first-order chi connectivity index (χ1) is 15.2. The normalized spacial score (nSPS) is 11.6. The Bertz CT molecular complexity index is 834. The zero-order chi connectivity index (χ0) is 22.0. The molecule has 0 aliphatic carbocycles. The van der Waals surface area contributed by atoms with Crippen molar-refractivity contribution in [1.82, 2.24) is 10.9 Å². The Morgan fingerprint density at radius 2 is 1.13 bits per heavy atom. The summed E-state index contributed by atoms with van der Waals surface area (Å²) in [5.41, 5.74) is 7.09. The molecule has 0 aliphatic heterocycles. The molecule has 2 amide bonds. The predicted molar refractivity (Wildman–Crippen MR) is 131 cm³/mol. The van der Waals surface area contributed by atoms with E-state index in [1.54, 1.807) is 12.2 Å². The van der Waals surface area contributed by atoms with E-state index in [9.17, 15) is 9.59 Å². The van der Waals surface area contributed by atoms with Crippen LogP contribution in [0.4, 0.5) is 0 Å². The molecule has 2 rings (SSSR count). The minimum absolute atomic E-state index is 0.156. The lowest BCUT2D eigenvalue weighted by Crippen LogP contribution is -2.19. The first-order valence-electron chi connectivity index (χ1n) is 9.89.